The molecular formula is C41H74O2Si2. The Hall–Kier alpha value is -0.166. The van der Waals surface area contributed by atoms with Crippen LogP contribution in [0.25, 0.3) is 0 Å². The number of fused-ring (bicyclic) bond motifs is 5. The number of allylic oxidation sites excluding steroid dienone is 3. The van der Waals surface area contributed by atoms with Gasteiger partial charge < -0.3 is 8.85 Å². The highest BCUT2D eigenvalue weighted by Crippen LogP contribution is 2.66. The van der Waals surface area contributed by atoms with Gasteiger partial charge in [-0.1, -0.05) is 111 Å². The highest BCUT2D eigenvalue weighted by atomic mass is 28.4. The minimum Gasteiger partial charge on any atom is -0.414 e. The van der Waals surface area contributed by atoms with E-state index in [-0.39, 0.29) is 10.6 Å². The second kappa shape index (κ2) is 12.3. The largest absolute Gasteiger partial charge is 0.414 e. The van der Waals surface area contributed by atoms with Crippen LogP contribution in [0.1, 0.15) is 152 Å². The smallest absolute Gasteiger partial charge is 0.192 e. The zero-order valence-electron chi connectivity index (χ0n) is 32.3. The topological polar surface area (TPSA) is 18.5 Å². The monoisotopic (exact) mass is 655 g/mol. The molecule has 5 aliphatic carbocycles. The fourth-order valence-electron chi connectivity index (χ4n) is 10.7. The van der Waals surface area contributed by atoms with Crippen molar-refractivity contribution in [2.24, 2.45) is 34.5 Å². The van der Waals surface area contributed by atoms with Gasteiger partial charge in [0.05, 0.1) is 5.60 Å². The van der Waals surface area contributed by atoms with E-state index >= 15 is 0 Å². The number of rotatable bonds is 9. The highest BCUT2D eigenvalue weighted by molar-refractivity contribution is 6.74. The van der Waals surface area contributed by atoms with Crippen molar-refractivity contribution in [2.75, 3.05) is 0 Å². The summed E-state index contributed by atoms with van der Waals surface area (Å²) in [7, 11) is -3.50. The Morgan fingerprint density at radius 2 is 1.44 bits per heavy atom. The van der Waals surface area contributed by atoms with E-state index in [1.165, 1.54) is 83.5 Å². The van der Waals surface area contributed by atoms with Gasteiger partial charge in [0.1, 0.15) is 0 Å². The summed E-state index contributed by atoms with van der Waals surface area (Å²) in [6, 6.07) is 0. The normalized spacial score (nSPS) is 36.1. The minimum atomic E-state index is -1.75. The maximum absolute atomic E-state index is 7.24. The molecule has 0 N–H and O–H groups in total. The van der Waals surface area contributed by atoms with Crippen molar-refractivity contribution in [3.05, 3.63) is 23.3 Å². The lowest BCUT2D eigenvalue weighted by atomic mass is 9.50. The molecule has 0 aliphatic heterocycles. The summed E-state index contributed by atoms with van der Waals surface area (Å²) >= 11 is 0. The maximum atomic E-state index is 7.24. The van der Waals surface area contributed by atoms with Gasteiger partial charge in [-0.15, -0.1) is 0 Å². The van der Waals surface area contributed by atoms with Crippen LogP contribution in [-0.4, -0.2) is 28.3 Å². The average molecular weight is 655 g/mol. The van der Waals surface area contributed by atoms with E-state index in [1.54, 1.807) is 5.57 Å². The standard InChI is InChI=1S/C41H74O2Si2/c1-30(17-16-26-41(24-14-15-25-41)43-45(12,13)38(5,6)7)34-20-21-35-33-19-18-31-29-32(42-44(10,11)37(2,3)4)22-27-39(31,8)36(33)23-28-40(34,35)9/h18-19,30,32,34-36H,14-17,20-29H2,1-13H3/t30-,32-,34+,35-,36-,39-,40+/m0/s1. The van der Waals surface area contributed by atoms with Crippen LogP contribution in [0, 0.1) is 34.5 Å². The minimum absolute atomic E-state index is 0.171. The number of hydrogen-bond donors (Lipinski definition) is 0. The van der Waals surface area contributed by atoms with Crippen molar-refractivity contribution >= 4 is 16.6 Å². The Labute approximate surface area is 282 Å². The third kappa shape index (κ3) is 6.72. The summed E-state index contributed by atoms with van der Waals surface area (Å²) in [5.41, 5.74) is 4.56. The molecule has 0 heterocycles. The van der Waals surface area contributed by atoms with Gasteiger partial charge in [-0.3, -0.25) is 0 Å². The Kier molecular flexibility index (Phi) is 9.88. The Morgan fingerprint density at radius 3 is 2.07 bits per heavy atom. The Morgan fingerprint density at radius 1 is 0.800 bits per heavy atom. The predicted molar refractivity (Wildman–Crippen MR) is 200 cm³/mol. The van der Waals surface area contributed by atoms with Crippen LogP contribution in [0.15, 0.2) is 23.3 Å². The predicted octanol–water partition coefficient (Wildman–Crippen LogP) is 13.0. The fourth-order valence-corrected chi connectivity index (χ4v) is 13.8. The third-order valence-electron chi connectivity index (χ3n) is 15.6. The van der Waals surface area contributed by atoms with E-state index < -0.39 is 16.6 Å². The van der Waals surface area contributed by atoms with Crippen LogP contribution in [0.3, 0.4) is 0 Å². The van der Waals surface area contributed by atoms with Crippen LogP contribution in [0.5, 0.6) is 0 Å². The van der Waals surface area contributed by atoms with Gasteiger partial charge in [0.25, 0.3) is 0 Å². The number of hydrogen-bond acceptors (Lipinski definition) is 2. The van der Waals surface area contributed by atoms with Crippen molar-refractivity contribution in [3.63, 3.8) is 0 Å². The Bertz CT molecular complexity index is 1130. The van der Waals surface area contributed by atoms with E-state index in [0.29, 0.717) is 22.0 Å². The molecule has 7 atom stereocenters. The third-order valence-corrected chi connectivity index (χ3v) is 24.7. The maximum Gasteiger partial charge on any atom is 0.192 e. The average Bonchev–Trinajstić information content (AvgIpc) is 3.51. The quantitative estimate of drug-likeness (QED) is 0.230. The molecule has 0 radical (unpaired) electrons. The summed E-state index contributed by atoms with van der Waals surface area (Å²) in [4.78, 5) is 0. The zero-order valence-corrected chi connectivity index (χ0v) is 34.3. The SMILES string of the molecule is C[C@@H](CCCC1(O[Si](C)(C)C(C)(C)C)CCCC1)[C@H]1CC[C@H]2C3=CC=C4C[C@@H](O[Si](C)(C)C(C)(C)C)CC[C@]4(C)[C@H]3CC[C@]12C. The van der Waals surface area contributed by atoms with Crippen molar-refractivity contribution < 1.29 is 8.85 Å². The molecule has 45 heavy (non-hydrogen) atoms. The van der Waals surface area contributed by atoms with Crippen LogP contribution < -0.4 is 0 Å². The second-order valence-electron chi connectivity index (χ2n) is 20.5. The van der Waals surface area contributed by atoms with Crippen LogP contribution in [-0.2, 0) is 8.85 Å². The summed E-state index contributed by atoms with van der Waals surface area (Å²) < 4.78 is 14.2. The molecule has 0 bridgehead atoms. The molecule has 4 fully saturated rings. The van der Waals surface area contributed by atoms with Crippen molar-refractivity contribution in [2.45, 2.75) is 200 Å². The molecule has 0 aromatic heterocycles. The second-order valence-corrected chi connectivity index (χ2v) is 30.0. The van der Waals surface area contributed by atoms with Gasteiger partial charge in [-0.25, -0.2) is 0 Å². The van der Waals surface area contributed by atoms with Crippen LogP contribution in [0.2, 0.25) is 36.3 Å². The first-order valence-electron chi connectivity index (χ1n) is 19.4. The molecule has 258 valence electrons. The van der Waals surface area contributed by atoms with E-state index in [0.717, 1.165) is 30.1 Å². The lowest BCUT2D eigenvalue weighted by Crippen LogP contribution is -2.49. The first-order valence-corrected chi connectivity index (χ1v) is 25.3. The molecule has 0 aromatic rings. The summed E-state index contributed by atoms with van der Waals surface area (Å²) in [6.07, 6.45) is 24.4. The van der Waals surface area contributed by atoms with Gasteiger partial charge in [-0.05, 0) is 135 Å². The summed E-state index contributed by atoms with van der Waals surface area (Å²) in [6.45, 7) is 32.2. The molecule has 2 nitrogen and oxygen atoms in total. The van der Waals surface area contributed by atoms with Gasteiger partial charge >= 0.3 is 0 Å². The molecule has 0 saturated heterocycles. The fraction of sp³-hybridized carbons (Fsp3) is 0.902. The summed E-state index contributed by atoms with van der Waals surface area (Å²) in [5.74, 6) is 3.24. The lowest BCUT2D eigenvalue weighted by molar-refractivity contribution is 0.0289. The van der Waals surface area contributed by atoms with Crippen LogP contribution >= 0.6 is 0 Å². The van der Waals surface area contributed by atoms with E-state index in [4.69, 9.17) is 8.85 Å². The first kappa shape index (κ1) is 36.1. The van der Waals surface area contributed by atoms with Crippen molar-refractivity contribution in [1.82, 2.24) is 0 Å². The van der Waals surface area contributed by atoms with Gasteiger partial charge in [0, 0.05) is 6.10 Å². The molecule has 0 unspecified atom stereocenters. The summed E-state index contributed by atoms with van der Waals surface area (Å²) in [5, 5.41) is 0.572. The molecule has 4 heteroatoms. The molecule has 0 amide bonds. The lowest BCUT2D eigenvalue weighted by Gasteiger charge is -2.56. The molecule has 5 rings (SSSR count). The van der Waals surface area contributed by atoms with E-state index in [2.05, 4.69) is 101 Å². The zero-order chi connectivity index (χ0) is 33.3. The van der Waals surface area contributed by atoms with Gasteiger partial charge in [0.2, 0.25) is 0 Å². The molecule has 5 aliphatic rings. The van der Waals surface area contributed by atoms with Crippen LogP contribution in [0.4, 0.5) is 0 Å². The Balaban J connectivity index is 1.24. The van der Waals surface area contributed by atoms with Gasteiger partial charge in [0.15, 0.2) is 16.6 Å². The molecular weight excluding hydrogens is 581 g/mol. The molecule has 0 aromatic carbocycles. The molecule has 4 saturated carbocycles. The van der Waals surface area contributed by atoms with E-state index in [9.17, 15) is 0 Å². The molecule has 0 spiro atoms. The van der Waals surface area contributed by atoms with Crippen molar-refractivity contribution in [1.29, 1.82) is 0 Å². The first-order chi connectivity index (χ1) is 20.6. The van der Waals surface area contributed by atoms with Gasteiger partial charge in [-0.2, -0.15) is 0 Å². The highest BCUT2D eigenvalue weighted by Gasteiger charge is 2.57. The van der Waals surface area contributed by atoms with E-state index in [1.807, 2.05) is 5.57 Å². The van der Waals surface area contributed by atoms with Crippen molar-refractivity contribution in [3.8, 4) is 0 Å².